The van der Waals surface area contributed by atoms with Gasteiger partial charge in [0.2, 0.25) is 5.88 Å². The van der Waals surface area contributed by atoms with Crippen molar-refractivity contribution in [1.82, 2.24) is 4.98 Å². The Hall–Kier alpha value is -1.13. The van der Waals surface area contributed by atoms with Gasteiger partial charge in [0.15, 0.2) is 0 Å². The van der Waals surface area contributed by atoms with E-state index in [-0.39, 0.29) is 12.5 Å². The second-order valence-corrected chi connectivity index (χ2v) is 2.75. The summed E-state index contributed by atoms with van der Waals surface area (Å²) in [7, 11) is 1.56. The maximum absolute atomic E-state index is 9.00. The van der Waals surface area contributed by atoms with Crippen molar-refractivity contribution in [2.45, 2.75) is 5.92 Å². The summed E-state index contributed by atoms with van der Waals surface area (Å²) in [5.74, 6) is 0.515. The van der Waals surface area contributed by atoms with Gasteiger partial charge >= 0.3 is 0 Å². The molecule has 13 heavy (non-hydrogen) atoms. The van der Waals surface area contributed by atoms with Crippen LogP contribution < -0.4 is 10.5 Å². The van der Waals surface area contributed by atoms with Crippen molar-refractivity contribution in [3.8, 4) is 5.88 Å². The smallest absolute Gasteiger partial charge is 0.213 e. The Kier molecular flexibility index (Phi) is 3.67. The number of aromatic nitrogens is 1. The molecule has 1 unspecified atom stereocenters. The van der Waals surface area contributed by atoms with Crippen molar-refractivity contribution in [3.05, 3.63) is 23.9 Å². The van der Waals surface area contributed by atoms with Gasteiger partial charge in [0.25, 0.3) is 0 Å². The third-order valence-corrected chi connectivity index (χ3v) is 1.94. The second-order valence-electron chi connectivity index (χ2n) is 2.75. The molecular formula is C9H14N2O2. The Labute approximate surface area is 77.4 Å². The first-order chi connectivity index (χ1) is 6.31. The summed E-state index contributed by atoms with van der Waals surface area (Å²) in [5.41, 5.74) is 6.44. The lowest BCUT2D eigenvalue weighted by atomic mass is 10.0. The first kappa shape index (κ1) is 9.95. The van der Waals surface area contributed by atoms with E-state index < -0.39 is 0 Å². The van der Waals surface area contributed by atoms with E-state index in [1.165, 1.54) is 0 Å². The molecule has 1 aromatic heterocycles. The summed E-state index contributed by atoms with van der Waals surface area (Å²) < 4.78 is 4.96. The standard InChI is InChI=1S/C9H14N2O2/c1-13-9-4-7(2-3-11-9)8(5-10)6-12/h2-4,8,12H,5-6,10H2,1H3. The molecule has 0 aliphatic rings. The van der Waals surface area contributed by atoms with Crippen molar-refractivity contribution in [2.24, 2.45) is 5.73 Å². The third kappa shape index (κ3) is 2.40. The van der Waals surface area contributed by atoms with E-state index in [9.17, 15) is 0 Å². The number of nitrogens with two attached hydrogens (primary N) is 1. The molecule has 0 aromatic carbocycles. The first-order valence-electron chi connectivity index (χ1n) is 4.12. The van der Waals surface area contributed by atoms with Gasteiger partial charge in [-0.3, -0.25) is 0 Å². The number of hydrogen-bond acceptors (Lipinski definition) is 4. The van der Waals surface area contributed by atoms with Crippen LogP contribution in [0.25, 0.3) is 0 Å². The molecule has 72 valence electrons. The number of aliphatic hydroxyl groups excluding tert-OH is 1. The van der Waals surface area contributed by atoms with E-state index in [1.54, 1.807) is 19.4 Å². The van der Waals surface area contributed by atoms with E-state index >= 15 is 0 Å². The van der Waals surface area contributed by atoms with Crippen molar-refractivity contribution < 1.29 is 9.84 Å². The maximum atomic E-state index is 9.00. The topological polar surface area (TPSA) is 68.4 Å². The van der Waals surface area contributed by atoms with Gasteiger partial charge in [-0.1, -0.05) is 0 Å². The third-order valence-electron chi connectivity index (χ3n) is 1.94. The quantitative estimate of drug-likeness (QED) is 0.694. The highest BCUT2D eigenvalue weighted by molar-refractivity contribution is 5.24. The highest BCUT2D eigenvalue weighted by Gasteiger charge is 2.08. The zero-order valence-electron chi connectivity index (χ0n) is 7.60. The van der Waals surface area contributed by atoms with Gasteiger partial charge in [0, 0.05) is 24.7 Å². The van der Waals surface area contributed by atoms with Crippen molar-refractivity contribution in [2.75, 3.05) is 20.3 Å². The maximum Gasteiger partial charge on any atom is 0.213 e. The summed E-state index contributed by atoms with van der Waals surface area (Å²) >= 11 is 0. The minimum Gasteiger partial charge on any atom is -0.481 e. The summed E-state index contributed by atoms with van der Waals surface area (Å²) in [6.45, 7) is 0.466. The largest absolute Gasteiger partial charge is 0.481 e. The summed E-state index contributed by atoms with van der Waals surface area (Å²) in [6, 6.07) is 3.62. The monoisotopic (exact) mass is 182 g/mol. The molecule has 0 aliphatic carbocycles. The molecule has 0 saturated carbocycles. The van der Waals surface area contributed by atoms with Crippen LogP contribution in [0, 0.1) is 0 Å². The number of rotatable bonds is 4. The fraction of sp³-hybridized carbons (Fsp3) is 0.444. The van der Waals surface area contributed by atoms with Crippen LogP contribution in [-0.2, 0) is 0 Å². The van der Waals surface area contributed by atoms with E-state index in [1.807, 2.05) is 6.07 Å². The van der Waals surface area contributed by atoms with Gasteiger partial charge in [0.1, 0.15) is 0 Å². The molecule has 0 fully saturated rings. The van der Waals surface area contributed by atoms with Crippen LogP contribution in [0.5, 0.6) is 5.88 Å². The van der Waals surface area contributed by atoms with E-state index in [4.69, 9.17) is 15.6 Å². The molecule has 0 spiro atoms. The molecular weight excluding hydrogens is 168 g/mol. The Balaban J connectivity index is 2.86. The summed E-state index contributed by atoms with van der Waals surface area (Å²) in [5, 5.41) is 9.00. The van der Waals surface area contributed by atoms with Crippen molar-refractivity contribution in [3.63, 3.8) is 0 Å². The molecule has 4 heteroatoms. The Bertz CT molecular complexity index is 262. The number of pyridine rings is 1. The van der Waals surface area contributed by atoms with Gasteiger partial charge in [-0.25, -0.2) is 4.98 Å². The fourth-order valence-electron chi connectivity index (χ4n) is 1.11. The predicted octanol–water partition coefficient (Wildman–Crippen LogP) is 0.125. The molecule has 1 heterocycles. The molecule has 1 atom stereocenters. The van der Waals surface area contributed by atoms with Crippen LogP contribution >= 0.6 is 0 Å². The number of ether oxygens (including phenoxy) is 1. The van der Waals surface area contributed by atoms with Crippen LogP contribution in [0.3, 0.4) is 0 Å². The van der Waals surface area contributed by atoms with Crippen LogP contribution in [0.2, 0.25) is 0 Å². The zero-order valence-corrected chi connectivity index (χ0v) is 7.60. The fourth-order valence-corrected chi connectivity index (χ4v) is 1.11. The van der Waals surface area contributed by atoms with Gasteiger partial charge in [-0.05, 0) is 11.6 Å². The minimum atomic E-state index is -0.0306. The lowest BCUT2D eigenvalue weighted by Gasteiger charge is -2.11. The molecule has 0 saturated heterocycles. The molecule has 0 aliphatic heterocycles. The molecule has 0 radical (unpaired) electrons. The molecule has 0 bridgehead atoms. The number of aliphatic hydroxyl groups is 1. The summed E-state index contributed by atoms with van der Waals surface area (Å²) in [4.78, 5) is 3.96. The lowest BCUT2D eigenvalue weighted by Crippen LogP contribution is -2.16. The molecule has 0 amide bonds. The van der Waals surface area contributed by atoms with Gasteiger partial charge in [-0.2, -0.15) is 0 Å². The Morgan fingerprint density at radius 1 is 1.69 bits per heavy atom. The summed E-state index contributed by atoms with van der Waals surface area (Å²) in [6.07, 6.45) is 1.65. The van der Waals surface area contributed by atoms with E-state index in [0.717, 1.165) is 5.56 Å². The Morgan fingerprint density at radius 3 is 3.00 bits per heavy atom. The average Bonchev–Trinajstić information content (AvgIpc) is 2.20. The second kappa shape index (κ2) is 4.79. The predicted molar refractivity (Wildman–Crippen MR) is 49.7 cm³/mol. The SMILES string of the molecule is COc1cc(C(CN)CO)ccn1. The van der Waals surface area contributed by atoms with E-state index in [2.05, 4.69) is 4.98 Å². The number of methoxy groups -OCH3 is 1. The lowest BCUT2D eigenvalue weighted by molar-refractivity contribution is 0.267. The van der Waals surface area contributed by atoms with Crippen LogP contribution in [0.1, 0.15) is 11.5 Å². The number of nitrogens with zero attached hydrogens (tertiary/aromatic N) is 1. The van der Waals surface area contributed by atoms with Crippen molar-refractivity contribution in [1.29, 1.82) is 0 Å². The van der Waals surface area contributed by atoms with Crippen molar-refractivity contribution >= 4 is 0 Å². The first-order valence-corrected chi connectivity index (χ1v) is 4.12. The van der Waals surface area contributed by atoms with Gasteiger partial charge in [-0.15, -0.1) is 0 Å². The molecule has 3 N–H and O–H groups in total. The van der Waals surface area contributed by atoms with Crippen LogP contribution in [-0.4, -0.2) is 30.4 Å². The highest BCUT2D eigenvalue weighted by atomic mass is 16.5. The normalized spacial score (nSPS) is 12.5. The minimum absolute atomic E-state index is 0.0306. The molecule has 1 aromatic rings. The Morgan fingerprint density at radius 2 is 2.46 bits per heavy atom. The van der Waals surface area contributed by atoms with Gasteiger partial charge in [0.05, 0.1) is 13.7 Å². The molecule has 1 rings (SSSR count). The zero-order chi connectivity index (χ0) is 9.68. The highest BCUT2D eigenvalue weighted by Crippen LogP contribution is 2.17. The average molecular weight is 182 g/mol. The van der Waals surface area contributed by atoms with Crippen LogP contribution in [0.4, 0.5) is 0 Å². The van der Waals surface area contributed by atoms with E-state index in [0.29, 0.717) is 12.4 Å². The van der Waals surface area contributed by atoms with Crippen LogP contribution in [0.15, 0.2) is 18.3 Å². The molecule has 4 nitrogen and oxygen atoms in total. The number of hydrogen-bond donors (Lipinski definition) is 2. The van der Waals surface area contributed by atoms with Gasteiger partial charge < -0.3 is 15.6 Å².